The molecule has 0 fully saturated rings. The summed E-state index contributed by atoms with van der Waals surface area (Å²) in [6.45, 7) is 4.47. The van der Waals surface area contributed by atoms with Crippen LogP contribution in [0.3, 0.4) is 0 Å². The zero-order chi connectivity index (χ0) is 57.0. The minimum absolute atomic E-state index is 0.0189. The first-order valence-electron chi connectivity index (χ1n) is 30.8. The molecule has 8 nitrogen and oxygen atoms in total. The van der Waals surface area contributed by atoms with E-state index in [1.165, 1.54) is 77.0 Å². The minimum Gasteiger partial charge on any atom is -0.756 e. The number of nitrogens with zero attached hydrogens (tertiary/aromatic N) is 1. The summed E-state index contributed by atoms with van der Waals surface area (Å²) in [5, 5.41) is 13.8. The van der Waals surface area contributed by atoms with Gasteiger partial charge < -0.3 is 28.8 Å². The van der Waals surface area contributed by atoms with Crippen molar-refractivity contribution >= 4 is 13.7 Å². The van der Waals surface area contributed by atoms with E-state index in [2.05, 4.69) is 165 Å². The van der Waals surface area contributed by atoms with E-state index in [0.717, 1.165) is 122 Å². The number of aliphatic hydroxyl groups excluding tert-OH is 1. The summed E-state index contributed by atoms with van der Waals surface area (Å²) in [5.74, 6) is -0.227. The number of phosphoric ester groups is 1. The van der Waals surface area contributed by atoms with Gasteiger partial charge in [-0.3, -0.25) is 9.36 Å². The number of amides is 1. The Balaban J connectivity index is 4.21. The summed E-state index contributed by atoms with van der Waals surface area (Å²) in [7, 11) is 1.21. The lowest BCUT2D eigenvalue weighted by Gasteiger charge is -2.29. The molecule has 0 aliphatic carbocycles. The van der Waals surface area contributed by atoms with Crippen LogP contribution >= 0.6 is 7.82 Å². The van der Waals surface area contributed by atoms with Crippen LogP contribution in [0.15, 0.2) is 158 Å². The second-order valence-corrected chi connectivity index (χ2v) is 22.7. The van der Waals surface area contributed by atoms with Gasteiger partial charge in [-0.2, -0.15) is 0 Å². The molecule has 78 heavy (non-hydrogen) atoms. The van der Waals surface area contributed by atoms with Crippen molar-refractivity contribution in [3.05, 3.63) is 158 Å². The fourth-order valence-corrected chi connectivity index (χ4v) is 8.64. The molecule has 0 spiro atoms. The lowest BCUT2D eigenvalue weighted by atomic mass is 10.1. The van der Waals surface area contributed by atoms with Crippen LogP contribution in [0.2, 0.25) is 0 Å². The van der Waals surface area contributed by atoms with Crippen molar-refractivity contribution in [3.8, 4) is 0 Å². The number of carbonyl (C=O) groups is 1. The van der Waals surface area contributed by atoms with Crippen LogP contribution in [-0.4, -0.2) is 68.5 Å². The van der Waals surface area contributed by atoms with Crippen LogP contribution < -0.4 is 10.2 Å². The van der Waals surface area contributed by atoms with Gasteiger partial charge in [-0.05, 0) is 122 Å². The van der Waals surface area contributed by atoms with E-state index in [1.54, 1.807) is 6.08 Å². The second-order valence-electron chi connectivity index (χ2n) is 21.3. The number of unbranched alkanes of at least 4 members (excludes halogenated alkanes) is 17. The third kappa shape index (κ3) is 59.8. The molecule has 0 bridgehead atoms. The van der Waals surface area contributed by atoms with Crippen LogP contribution in [0.1, 0.15) is 219 Å². The summed E-state index contributed by atoms with van der Waals surface area (Å²) < 4.78 is 23.3. The third-order valence-corrected chi connectivity index (χ3v) is 13.7. The highest BCUT2D eigenvalue weighted by molar-refractivity contribution is 7.45. The highest BCUT2D eigenvalue weighted by Gasteiger charge is 2.23. The summed E-state index contributed by atoms with van der Waals surface area (Å²) in [4.78, 5) is 25.5. The maximum atomic E-state index is 13.0. The molecular weight excluding hydrogens is 984 g/mol. The van der Waals surface area contributed by atoms with E-state index >= 15 is 0 Å². The highest BCUT2D eigenvalue weighted by Crippen LogP contribution is 2.38. The smallest absolute Gasteiger partial charge is 0.268 e. The number of aliphatic hydroxyl groups is 1. The summed E-state index contributed by atoms with van der Waals surface area (Å²) in [5.41, 5.74) is 0. The standard InChI is InChI=1S/C69H115N2O6P/c1-6-8-10-12-14-16-18-20-22-24-25-26-27-28-29-30-31-32-33-34-35-36-37-38-39-40-41-42-43-44-45-47-49-51-53-55-57-59-61-63-69(73)70-67(66-77-78(74,75)76-65-64-71(3,4)5)68(72)62-60-58-56-54-52-50-48-46-23-21-19-17-15-13-11-9-7-2/h8,10,14,16,20,22-23,25-26,28-29,31-32,34-35,37-38,40-41,43-44,46,52,54,60,62,67-68,72H,6-7,9,11-13,15,17-19,21,24,27,30,33,36,39,42,45,47-51,53,55-59,61,63-66H2,1-5H3,(H-,70,73,74,75)/b10-8-,16-14-,22-20-,26-25-,29-28-,32-31-,35-34-,38-37-,41-40-,44-43-,46-23+,54-52+,62-60+. The van der Waals surface area contributed by atoms with Crippen molar-refractivity contribution in [1.82, 2.24) is 5.32 Å². The molecule has 0 saturated carbocycles. The molecule has 0 saturated heterocycles. The largest absolute Gasteiger partial charge is 0.756 e. The number of likely N-dealkylation sites (N-methyl/N-ethyl adjacent to an activating group) is 1. The Bertz CT molecular complexity index is 1820. The molecule has 0 aromatic heterocycles. The minimum atomic E-state index is -4.62. The molecule has 3 atom stereocenters. The number of phosphoric acid groups is 1. The van der Waals surface area contributed by atoms with Gasteiger partial charge in [0.1, 0.15) is 13.2 Å². The van der Waals surface area contributed by atoms with Gasteiger partial charge in [0, 0.05) is 6.42 Å². The average molecular weight is 1100 g/mol. The van der Waals surface area contributed by atoms with Gasteiger partial charge >= 0.3 is 0 Å². The van der Waals surface area contributed by atoms with E-state index in [9.17, 15) is 19.4 Å². The molecule has 442 valence electrons. The Labute approximate surface area is 480 Å². The highest BCUT2D eigenvalue weighted by atomic mass is 31.2. The molecule has 3 unspecified atom stereocenters. The van der Waals surface area contributed by atoms with Gasteiger partial charge in [-0.15, -0.1) is 0 Å². The van der Waals surface area contributed by atoms with Crippen LogP contribution in [0.5, 0.6) is 0 Å². The molecule has 2 N–H and O–H groups in total. The fourth-order valence-electron chi connectivity index (χ4n) is 7.92. The van der Waals surface area contributed by atoms with Crippen molar-refractivity contribution in [1.29, 1.82) is 0 Å². The predicted octanol–water partition coefficient (Wildman–Crippen LogP) is 18.8. The van der Waals surface area contributed by atoms with Crippen molar-refractivity contribution in [2.45, 2.75) is 231 Å². The molecular formula is C69H115N2O6P. The molecule has 9 heteroatoms. The Kier molecular flexibility index (Phi) is 54.9. The van der Waals surface area contributed by atoms with Crippen LogP contribution in [0.25, 0.3) is 0 Å². The van der Waals surface area contributed by atoms with Crippen LogP contribution in [0.4, 0.5) is 0 Å². The molecule has 0 heterocycles. The molecule has 0 radical (unpaired) electrons. The molecule has 1 amide bonds. The number of hydrogen-bond donors (Lipinski definition) is 2. The maximum Gasteiger partial charge on any atom is 0.268 e. The predicted molar refractivity (Wildman–Crippen MR) is 338 cm³/mol. The number of hydrogen-bond acceptors (Lipinski definition) is 6. The SMILES string of the molecule is CC/C=C\C/C=C\C/C=C\C/C=C\C/C=C\C/C=C\C/C=C\C/C=C\C/C=C\C/C=C\CCCCCCCCCCC(=O)NC(COP(=O)([O-])OCC[N+](C)(C)C)C(O)/C=C/CC/C=C/CC/C=C/CCCCCCCCC. The lowest BCUT2D eigenvalue weighted by Crippen LogP contribution is -2.45. The fraction of sp³-hybridized carbons (Fsp3) is 0.609. The zero-order valence-electron chi connectivity index (χ0n) is 50.3. The van der Waals surface area contributed by atoms with E-state index < -0.39 is 26.6 Å². The van der Waals surface area contributed by atoms with Crippen LogP contribution in [0, 0.1) is 0 Å². The van der Waals surface area contributed by atoms with Crippen molar-refractivity contribution in [2.75, 3.05) is 40.9 Å². The zero-order valence-corrected chi connectivity index (χ0v) is 51.2. The van der Waals surface area contributed by atoms with Crippen molar-refractivity contribution < 1.29 is 32.9 Å². The van der Waals surface area contributed by atoms with Crippen molar-refractivity contribution in [2.24, 2.45) is 0 Å². The quantitative estimate of drug-likeness (QED) is 0.0272. The van der Waals surface area contributed by atoms with E-state index in [-0.39, 0.29) is 12.5 Å². The maximum absolute atomic E-state index is 13.0. The van der Waals surface area contributed by atoms with Gasteiger partial charge in [0.2, 0.25) is 5.91 Å². The average Bonchev–Trinajstić information content (AvgIpc) is 3.40. The lowest BCUT2D eigenvalue weighted by molar-refractivity contribution is -0.870. The normalized spacial score (nSPS) is 14.9. The topological polar surface area (TPSA) is 108 Å². The summed E-state index contributed by atoms with van der Waals surface area (Å²) in [6, 6.07) is -0.926. The Morgan fingerprint density at radius 1 is 0.462 bits per heavy atom. The molecule has 0 aliphatic heterocycles. The monoisotopic (exact) mass is 1100 g/mol. The van der Waals surface area contributed by atoms with Crippen molar-refractivity contribution in [3.63, 3.8) is 0 Å². The van der Waals surface area contributed by atoms with E-state index in [0.29, 0.717) is 17.4 Å². The molecule has 0 aliphatic rings. The van der Waals surface area contributed by atoms with Crippen LogP contribution in [-0.2, 0) is 18.4 Å². The van der Waals surface area contributed by atoms with Gasteiger partial charge in [-0.1, -0.05) is 249 Å². The Morgan fingerprint density at radius 3 is 1.19 bits per heavy atom. The van der Waals surface area contributed by atoms with Gasteiger partial charge in [-0.25, -0.2) is 0 Å². The van der Waals surface area contributed by atoms with Gasteiger partial charge in [0.15, 0.2) is 0 Å². The third-order valence-electron chi connectivity index (χ3n) is 12.7. The number of allylic oxidation sites excluding steroid dienone is 25. The molecule has 0 aromatic carbocycles. The van der Waals surface area contributed by atoms with E-state index in [4.69, 9.17) is 9.05 Å². The Hall–Kier alpha value is -3.88. The van der Waals surface area contributed by atoms with E-state index in [1.807, 2.05) is 27.2 Å². The number of rotatable bonds is 54. The molecule has 0 aromatic rings. The number of nitrogens with one attached hydrogen (secondary N) is 1. The van der Waals surface area contributed by atoms with Gasteiger partial charge in [0.05, 0.1) is 39.9 Å². The summed E-state index contributed by atoms with van der Waals surface area (Å²) >= 11 is 0. The Morgan fingerprint density at radius 2 is 0.795 bits per heavy atom. The number of carbonyl (C=O) groups excluding carboxylic acids is 1. The summed E-state index contributed by atoms with van der Waals surface area (Å²) in [6.07, 6.45) is 90.4. The first-order chi connectivity index (χ1) is 38.0. The number of quaternary nitrogens is 1. The first-order valence-corrected chi connectivity index (χ1v) is 32.3. The molecule has 0 rings (SSSR count). The first kappa shape index (κ1) is 74.1. The van der Waals surface area contributed by atoms with Gasteiger partial charge in [0.25, 0.3) is 7.82 Å². The second kappa shape index (κ2) is 57.8.